The molecule has 0 heterocycles. The molecule has 0 spiro atoms. The lowest BCUT2D eigenvalue weighted by Gasteiger charge is -2.44. The standard InChI is InChI=1S/C37H37N/c1-35(2)33-22-21-27(24-34(33)36(3,4)37(35,5)6)32-25-30(23-26-15-13-14-20-31(26)32)38(28-16-9-7-10-17-28)29-18-11-8-12-19-29/h7-25H,1-6H3/i1D3,2D3,3D3,4D3,5D3,6D3. The summed E-state index contributed by atoms with van der Waals surface area (Å²) in [6, 6.07) is 32.4. The minimum Gasteiger partial charge on any atom is -0.310 e. The first kappa shape index (κ1) is 11.5. The number of fused-ring (bicyclic) bond motifs is 2. The van der Waals surface area contributed by atoms with E-state index in [1.807, 2.05) is 77.7 Å². The van der Waals surface area contributed by atoms with E-state index in [1.165, 1.54) is 6.07 Å². The van der Waals surface area contributed by atoms with E-state index >= 15 is 0 Å². The van der Waals surface area contributed by atoms with Crippen LogP contribution in [0.25, 0.3) is 21.9 Å². The van der Waals surface area contributed by atoms with Crippen molar-refractivity contribution >= 4 is 27.8 Å². The lowest BCUT2D eigenvalue weighted by molar-refractivity contribution is 0.125. The van der Waals surface area contributed by atoms with Crippen LogP contribution < -0.4 is 4.90 Å². The molecule has 0 bridgehead atoms. The smallest absolute Gasteiger partial charge is 0.0474 e. The first-order valence-corrected chi connectivity index (χ1v) is 12.2. The van der Waals surface area contributed by atoms with Gasteiger partial charge in [0.1, 0.15) is 0 Å². The quantitative estimate of drug-likeness (QED) is 0.231. The van der Waals surface area contributed by atoms with E-state index in [0.29, 0.717) is 22.0 Å². The Labute approximate surface area is 253 Å². The van der Waals surface area contributed by atoms with Crippen LogP contribution >= 0.6 is 0 Å². The Morgan fingerprint density at radius 2 is 1.13 bits per heavy atom. The molecular weight excluding hydrogens is 458 g/mol. The van der Waals surface area contributed by atoms with Gasteiger partial charge in [-0.2, -0.15) is 0 Å². The van der Waals surface area contributed by atoms with Crippen LogP contribution in [0.3, 0.4) is 0 Å². The fraction of sp³-hybridized carbons (Fsp3) is 0.243. The molecule has 0 amide bonds. The Bertz CT molecular complexity index is 2160. The van der Waals surface area contributed by atoms with Gasteiger partial charge in [-0.05, 0) is 85.7 Å². The molecular formula is C37H37N. The molecule has 0 fully saturated rings. The molecule has 6 rings (SSSR count). The third-order valence-electron chi connectivity index (χ3n) is 7.40. The van der Waals surface area contributed by atoms with Crippen molar-refractivity contribution in [2.45, 2.75) is 51.9 Å². The van der Waals surface area contributed by atoms with Crippen molar-refractivity contribution in [2.24, 2.45) is 5.41 Å². The van der Waals surface area contributed by atoms with Crippen molar-refractivity contribution in [3.8, 4) is 11.1 Å². The Kier molecular flexibility index (Phi) is 2.60. The van der Waals surface area contributed by atoms with Crippen LogP contribution in [0.15, 0.2) is 115 Å². The largest absolute Gasteiger partial charge is 0.310 e. The number of hydrogen-bond acceptors (Lipinski definition) is 1. The lowest BCUT2D eigenvalue weighted by Crippen LogP contribution is -2.42. The van der Waals surface area contributed by atoms with Gasteiger partial charge < -0.3 is 4.90 Å². The van der Waals surface area contributed by atoms with Crippen LogP contribution in [0.5, 0.6) is 0 Å². The molecule has 0 unspecified atom stereocenters. The second kappa shape index (κ2) is 8.60. The van der Waals surface area contributed by atoms with Crippen molar-refractivity contribution in [3.63, 3.8) is 0 Å². The van der Waals surface area contributed by atoms with Crippen LogP contribution in [0.2, 0.25) is 0 Å². The number of anilines is 3. The maximum absolute atomic E-state index is 8.85. The second-order valence-corrected chi connectivity index (χ2v) is 9.73. The summed E-state index contributed by atoms with van der Waals surface area (Å²) in [5.41, 5.74) is -12.2. The van der Waals surface area contributed by atoms with E-state index in [9.17, 15) is 0 Å². The molecule has 0 aromatic heterocycles. The van der Waals surface area contributed by atoms with E-state index in [1.54, 1.807) is 24.3 Å². The minimum atomic E-state index is -4.46. The average Bonchev–Trinajstić information content (AvgIpc) is 3.37. The third-order valence-corrected chi connectivity index (χ3v) is 7.40. The summed E-state index contributed by atoms with van der Waals surface area (Å²) in [5.74, 6) is 0. The summed E-state index contributed by atoms with van der Waals surface area (Å²) in [6.07, 6.45) is 0. The molecule has 0 saturated heterocycles. The van der Waals surface area contributed by atoms with Gasteiger partial charge in [-0.15, -0.1) is 0 Å². The SMILES string of the molecule is [2H]C([2H])([2H])C1(C([2H])([2H])[2H])c2ccc(-c3cc(N(c4ccccc4)c4ccccc4)cc4ccccc34)cc2C(C([2H])([2H])[2H])(C([2H])([2H])[2H])C1(C([2H])([2H])[2H])C([2H])([2H])[2H]. The summed E-state index contributed by atoms with van der Waals surface area (Å²) in [7, 11) is 0. The van der Waals surface area contributed by atoms with Crippen LogP contribution in [0.1, 0.15) is 76.9 Å². The predicted molar refractivity (Wildman–Crippen MR) is 164 cm³/mol. The van der Waals surface area contributed by atoms with E-state index < -0.39 is 68.5 Å². The molecule has 5 aromatic rings. The van der Waals surface area contributed by atoms with Crippen molar-refractivity contribution in [1.29, 1.82) is 0 Å². The van der Waals surface area contributed by atoms with Crippen LogP contribution in [-0.2, 0) is 10.8 Å². The molecule has 0 atom stereocenters. The molecule has 190 valence electrons. The zero-order chi connectivity index (χ0) is 41.7. The van der Waals surface area contributed by atoms with Crippen molar-refractivity contribution in [1.82, 2.24) is 0 Å². The third kappa shape index (κ3) is 3.52. The zero-order valence-corrected chi connectivity index (χ0v) is 20.4. The highest BCUT2D eigenvalue weighted by molar-refractivity contribution is 6.01. The van der Waals surface area contributed by atoms with Gasteiger partial charge in [-0.25, -0.2) is 0 Å². The molecule has 0 radical (unpaired) electrons. The molecule has 38 heavy (non-hydrogen) atoms. The van der Waals surface area contributed by atoms with Gasteiger partial charge in [0.2, 0.25) is 0 Å². The van der Waals surface area contributed by atoms with E-state index in [4.69, 9.17) is 24.7 Å². The molecule has 1 heteroatoms. The van der Waals surface area contributed by atoms with Crippen molar-refractivity contribution in [2.75, 3.05) is 4.90 Å². The average molecular weight is 514 g/mol. The summed E-state index contributed by atoms with van der Waals surface area (Å²) < 4.78 is 158. The van der Waals surface area contributed by atoms with Gasteiger partial charge in [0.25, 0.3) is 0 Å². The molecule has 0 aliphatic heterocycles. The number of nitrogens with zero attached hydrogens (tertiary/aromatic N) is 1. The predicted octanol–water partition coefficient (Wildman–Crippen LogP) is 10.6. The van der Waals surface area contributed by atoms with E-state index in [0.717, 1.165) is 23.5 Å². The highest BCUT2D eigenvalue weighted by Gasteiger charge is 2.56. The van der Waals surface area contributed by atoms with Gasteiger partial charge >= 0.3 is 0 Å². The highest BCUT2D eigenvalue weighted by Crippen LogP contribution is 2.62. The monoisotopic (exact) mass is 513 g/mol. The molecule has 1 aliphatic carbocycles. The number of rotatable bonds is 4. The summed E-state index contributed by atoms with van der Waals surface area (Å²) in [5, 5.41) is 1.22. The summed E-state index contributed by atoms with van der Waals surface area (Å²) in [4.78, 5) is 1.93. The molecule has 0 N–H and O–H groups in total. The maximum atomic E-state index is 8.85. The van der Waals surface area contributed by atoms with Gasteiger partial charge in [0.05, 0.1) is 0 Å². The highest BCUT2D eigenvalue weighted by atomic mass is 15.1. The first-order chi connectivity index (χ1) is 25.6. The van der Waals surface area contributed by atoms with Gasteiger partial charge in [-0.3, -0.25) is 0 Å². The molecule has 1 aliphatic rings. The van der Waals surface area contributed by atoms with Gasteiger partial charge in [0.15, 0.2) is 0 Å². The zero-order valence-electron chi connectivity index (χ0n) is 38.4. The Morgan fingerprint density at radius 3 is 1.76 bits per heavy atom. The molecule has 5 aromatic carbocycles. The maximum Gasteiger partial charge on any atom is 0.0474 e. The second-order valence-electron chi connectivity index (χ2n) is 9.73. The van der Waals surface area contributed by atoms with E-state index in [2.05, 4.69) is 0 Å². The van der Waals surface area contributed by atoms with Crippen molar-refractivity contribution < 1.29 is 24.7 Å². The van der Waals surface area contributed by atoms with Gasteiger partial charge in [0, 0.05) is 41.7 Å². The van der Waals surface area contributed by atoms with Crippen LogP contribution in [0.4, 0.5) is 17.1 Å². The fourth-order valence-corrected chi connectivity index (χ4v) is 5.30. The topological polar surface area (TPSA) is 3.24 Å². The van der Waals surface area contributed by atoms with Gasteiger partial charge in [-0.1, -0.05) is 120 Å². The summed E-state index contributed by atoms with van der Waals surface area (Å²) >= 11 is 0. The number of para-hydroxylation sites is 2. The summed E-state index contributed by atoms with van der Waals surface area (Å²) in [6.45, 7) is -25.2. The number of hydrogen-bond donors (Lipinski definition) is 0. The van der Waals surface area contributed by atoms with Crippen LogP contribution in [0, 0.1) is 5.41 Å². The first-order valence-electron chi connectivity index (χ1n) is 21.2. The normalized spacial score (nSPS) is 25.8. The Hall–Kier alpha value is -3.84. The lowest BCUT2D eigenvalue weighted by atomic mass is 9.59. The molecule has 0 saturated carbocycles. The Morgan fingerprint density at radius 1 is 0.526 bits per heavy atom. The van der Waals surface area contributed by atoms with Crippen LogP contribution in [-0.4, -0.2) is 0 Å². The Balaban J connectivity index is 1.85. The van der Waals surface area contributed by atoms with E-state index in [-0.39, 0.29) is 5.56 Å². The number of benzene rings is 5. The van der Waals surface area contributed by atoms with Crippen molar-refractivity contribution in [3.05, 3.63) is 126 Å². The molecule has 1 nitrogen and oxygen atoms in total. The minimum absolute atomic E-state index is 0.0533. The fourth-order valence-electron chi connectivity index (χ4n) is 5.30.